The molecule has 0 radical (unpaired) electrons. The van der Waals surface area contributed by atoms with Crippen molar-refractivity contribution in [2.75, 3.05) is 6.54 Å². The van der Waals surface area contributed by atoms with Crippen molar-refractivity contribution in [3.63, 3.8) is 0 Å². The first kappa shape index (κ1) is 14.5. The molecule has 3 nitrogen and oxygen atoms in total. The third-order valence-electron chi connectivity index (χ3n) is 3.74. The van der Waals surface area contributed by atoms with Crippen molar-refractivity contribution in [3.8, 4) is 0 Å². The average molecular weight is 330 g/mol. The van der Waals surface area contributed by atoms with E-state index in [1.54, 1.807) is 6.07 Å². The maximum Gasteiger partial charge on any atom is 0.307 e. The summed E-state index contributed by atoms with van der Waals surface area (Å²) in [5, 5.41) is 9.11. The second kappa shape index (κ2) is 6.01. The third-order valence-corrected chi connectivity index (χ3v) is 4.52. The summed E-state index contributed by atoms with van der Waals surface area (Å²) in [6.07, 6.45) is 1.58. The lowest BCUT2D eigenvalue weighted by molar-refractivity contribution is -0.144. The molecule has 1 aliphatic rings. The summed E-state index contributed by atoms with van der Waals surface area (Å²) in [6.45, 7) is 3.19. The molecule has 2 atom stereocenters. The van der Waals surface area contributed by atoms with Crippen LogP contribution in [0.2, 0.25) is 0 Å². The minimum absolute atomic E-state index is 0.266. The van der Waals surface area contributed by atoms with E-state index in [0.717, 1.165) is 22.9 Å². The summed E-state index contributed by atoms with van der Waals surface area (Å²) in [5.41, 5.74) is 0.859. The SMILES string of the molecule is CC1CCC(C(=O)O)CN1Cc1cc(F)ccc1Br. The van der Waals surface area contributed by atoms with Crippen molar-refractivity contribution in [2.45, 2.75) is 32.4 Å². The molecule has 1 aromatic rings. The fourth-order valence-corrected chi connectivity index (χ4v) is 2.86. The Hall–Kier alpha value is -0.940. The second-order valence-corrected chi connectivity index (χ2v) is 5.98. The molecular formula is C14H17BrFNO2. The fraction of sp³-hybridized carbons (Fsp3) is 0.500. The largest absolute Gasteiger partial charge is 0.481 e. The molecule has 2 unspecified atom stereocenters. The Kier molecular flexibility index (Phi) is 4.58. The highest BCUT2D eigenvalue weighted by molar-refractivity contribution is 9.10. The summed E-state index contributed by atoms with van der Waals surface area (Å²) in [5.74, 6) is -1.32. The Labute approximate surface area is 120 Å². The predicted molar refractivity (Wildman–Crippen MR) is 74.3 cm³/mol. The van der Waals surface area contributed by atoms with Crippen molar-refractivity contribution in [2.24, 2.45) is 5.92 Å². The number of aliphatic carboxylic acids is 1. The first-order valence-electron chi connectivity index (χ1n) is 6.38. The van der Waals surface area contributed by atoms with Crippen LogP contribution in [0.5, 0.6) is 0 Å². The van der Waals surface area contributed by atoms with Gasteiger partial charge >= 0.3 is 5.97 Å². The predicted octanol–water partition coefficient (Wildman–Crippen LogP) is 3.27. The van der Waals surface area contributed by atoms with E-state index in [1.165, 1.54) is 12.1 Å². The van der Waals surface area contributed by atoms with Crippen LogP contribution < -0.4 is 0 Å². The molecule has 1 saturated heterocycles. The van der Waals surface area contributed by atoms with Crippen LogP contribution in [0.15, 0.2) is 22.7 Å². The lowest BCUT2D eigenvalue weighted by Crippen LogP contribution is -2.43. The quantitative estimate of drug-likeness (QED) is 0.925. The van der Waals surface area contributed by atoms with Crippen LogP contribution in [0.25, 0.3) is 0 Å². The molecule has 104 valence electrons. The molecule has 1 N–H and O–H groups in total. The van der Waals surface area contributed by atoms with Gasteiger partial charge in [-0.1, -0.05) is 15.9 Å². The van der Waals surface area contributed by atoms with Gasteiger partial charge in [-0.3, -0.25) is 9.69 Å². The Bertz CT molecular complexity index is 481. The van der Waals surface area contributed by atoms with Crippen LogP contribution >= 0.6 is 15.9 Å². The Morgan fingerprint density at radius 2 is 2.26 bits per heavy atom. The zero-order valence-corrected chi connectivity index (χ0v) is 12.4. The van der Waals surface area contributed by atoms with Gasteiger partial charge in [-0.2, -0.15) is 0 Å². The Morgan fingerprint density at radius 1 is 1.53 bits per heavy atom. The molecule has 1 fully saturated rings. The van der Waals surface area contributed by atoms with Gasteiger partial charge in [0.1, 0.15) is 5.82 Å². The van der Waals surface area contributed by atoms with Gasteiger partial charge in [0.05, 0.1) is 5.92 Å². The summed E-state index contributed by atoms with van der Waals surface area (Å²) in [6, 6.07) is 4.92. The molecule has 0 bridgehead atoms. The highest BCUT2D eigenvalue weighted by Gasteiger charge is 2.29. The summed E-state index contributed by atoms with van der Waals surface area (Å²) >= 11 is 3.41. The van der Waals surface area contributed by atoms with Gasteiger partial charge in [-0.15, -0.1) is 0 Å². The van der Waals surface area contributed by atoms with Crippen LogP contribution in [0.4, 0.5) is 4.39 Å². The molecule has 0 aliphatic carbocycles. The van der Waals surface area contributed by atoms with Crippen molar-refractivity contribution in [1.82, 2.24) is 4.90 Å². The molecule has 0 amide bonds. The number of nitrogens with zero attached hydrogens (tertiary/aromatic N) is 1. The standard InChI is InChI=1S/C14H17BrFNO2/c1-9-2-3-10(14(18)19)7-17(9)8-11-6-12(16)4-5-13(11)15/h4-6,9-10H,2-3,7-8H2,1H3,(H,18,19). The molecule has 0 spiro atoms. The van der Waals surface area contributed by atoms with Crippen LogP contribution in [-0.2, 0) is 11.3 Å². The third kappa shape index (κ3) is 3.54. The molecular weight excluding hydrogens is 313 g/mol. The van der Waals surface area contributed by atoms with E-state index in [2.05, 4.69) is 27.8 Å². The molecule has 1 aromatic carbocycles. The summed E-state index contributed by atoms with van der Waals surface area (Å²) < 4.78 is 14.1. The van der Waals surface area contributed by atoms with Gasteiger partial charge in [0.2, 0.25) is 0 Å². The lowest BCUT2D eigenvalue weighted by atomic mass is 9.93. The Balaban J connectivity index is 2.12. The zero-order chi connectivity index (χ0) is 14.0. The number of rotatable bonds is 3. The molecule has 0 aromatic heterocycles. The van der Waals surface area contributed by atoms with Gasteiger partial charge in [0.25, 0.3) is 0 Å². The Morgan fingerprint density at radius 3 is 2.95 bits per heavy atom. The van der Waals surface area contributed by atoms with E-state index < -0.39 is 5.97 Å². The number of hydrogen-bond donors (Lipinski definition) is 1. The van der Waals surface area contributed by atoms with Crippen molar-refractivity contribution >= 4 is 21.9 Å². The minimum atomic E-state index is -0.741. The van der Waals surface area contributed by atoms with Crippen molar-refractivity contribution < 1.29 is 14.3 Å². The lowest BCUT2D eigenvalue weighted by Gasteiger charge is -2.36. The smallest absolute Gasteiger partial charge is 0.307 e. The maximum absolute atomic E-state index is 13.3. The molecule has 1 aliphatic heterocycles. The monoisotopic (exact) mass is 329 g/mol. The highest BCUT2D eigenvalue weighted by atomic mass is 79.9. The average Bonchev–Trinajstić information content (AvgIpc) is 2.36. The van der Waals surface area contributed by atoms with E-state index >= 15 is 0 Å². The van der Waals surface area contributed by atoms with E-state index in [0.29, 0.717) is 19.1 Å². The number of benzene rings is 1. The normalized spacial score (nSPS) is 24.4. The van der Waals surface area contributed by atoms with Gasteiger partial charge in [0.15, 0.2) is 0 Å². The van der Waals surface area contributed by atoms with Gasteiger partial charge < -0.3 is 5.11 Å². The van der Waals surface area contributed by atoms with Crippen molar-refractivity contribution in [3.05, 3.63) is 34.1 Å². The van der Waals surface area contributed by atoms with E-state index in [-0.39, 0.29) is 11.7 Å². The second-order valence-electron chi connectivity index (χ2n) is 5.13. The number of carboxylic acid groups (broad SMARTS) is 1. The van der Waals surface area contributed by atoms with E-state index in [4.69, 9.17) is 5.11 Å². The molecule has 1 heterocycles. The van der Waals surface area contributed by atoms with Crippen LogP contribution in [0, 0.1) is 11.7 Å². The van der Waals surface area contributed by atoms with Crippen LogP contribution in [-0.4, -0.2) is 28.6 Å². The number of likely N-dealkylation sites (tertiary alicyclic amines) is 1. The van der Waals surface area contributed by atoms with E-state index in [9.17, 15) is 9.18 Å². The summed E-state index contributed by atoms with van der Waals surface area (Å²) in [7, 11) is 0. The topological polar surface area (TPSA) is 40.5 Å². The number of halogens is 2. The van der Waals surface area contributed by atoms with Crippen LogP contribution in [0.3, 0.4) is 0 Å². The first-order valence-corrected chi connectivity index (χ1v) is 7.17. The highest BCUT2D eigenvalue weighted by Crippen LogP contribution is 2.26. The number of carbonyl (C=O) groups is 1. The molecule has 0 saturated carbocycles. The molecule has 19 heavy (non-hydrogen) atoms. The van der Waals surface area contributed by atoms with Gasteiger partial charge in [-0.05, 0) is 43.5 Å². The first-order chi connectivity index (χ1) is 8.97. The van der Waals surface area contributed by atoms with E-state index in [1.807, 2.05) is 0 Å². The van der Waals surface area contributed by atoms with Gasteiger partial charge in [0, 0.05) is 23.6 Å². The summed E-state index contributed by atoms with van der Waals surface area (Å²) in [4.78, 5) is 13.2. The number of carboxylic acids is 1. The fourth-order valence-electron chi connectivity index (χ4n) is 2.48. The number of piperidine rings is 1. The zero-order valence-electron chi connectivity index (χ0n) is 10.8. The number of hydrogen-bond acceptors (Lipinski definition) is 2. The minimum Gasteiger partial charge on any atom is -0.481 e. The molecule has 2 rings (SSSR count). The van der Waals surface area contributed by atoms with Crippen molar-refractivity contribution in [1.29, 1.82) is 0 Å². The maximum atomic E-state index is 13.3. The molecule has 5 heteroatoms. The van der Waals surface area contributed by atoms with Gasteiger partial charge in [-0.25, -0.2) is 4.39 Å². The van der Waals surface area contributed by atoms with Crippen LogP contribution in [0.1, 0.15) is 25.3 Å².